The molecule has 26 heavy (non-hydrogen) atoms. The molecule has 0 aromatic carbocycles. The summed E-state index contributed by atoms with van der Waals surface area (Å²) in [6, 6.07) is 0. The lowest BCUT2D eigenvalue weighted by atomic mass is 10.3. The Morgan fingerprint density at radius 3 is 2.92 bits per heavy atom. The van der Waals surface area contributed by atoms with Gasteiger partial charge in [0.25, 0.3) is 0 Å². The predicted octanol–water partition coefficient (Wildman–Crippen LogP) is 3.09. The smallest absolute Gasteiger partial charge is 0.238 e. The van der Waals surface area contributed by atoms with Crippen molar-refractivity contribution in [3.63, 3.8) is 0 Å². The van der Waals surface area contributed by atoms with Crippen molar-refractivity contribution in [3.8, 4) is 0 Å². The molecular formula is C17H23N7OS. The average molecular weight is 373 g/mol. The van der Waals surface area contributed by atoms with Crippen molar-refractivity contribution in [1.29, 1.82) is 0 Å². The molecular weight excluding hydrogens is 350 g/mol. The van der Waals surface area contributed by atoms with Crippen molar-refractivity contribution in [1.82, 2.24) is 29.5 Å². The Balaban J connectivity index is 1.74. The number of carbonyl (C=O) groups is 1. The van der Waals surface area contributed by atoms with E-state index in [0.29, 0.717) is 17.0 Å². The molecule has 0 bridgehead atoms. The highest BCUT2D eigenvalue weighted by Gasteiger charge is 2.21. The number of rotatable bonds is 7. The molecule has 3 aromatic heterocycles. The van der Waals surface area contributed by atoms with E-state index in [1.165, 1.54) is 24.4 Å². The quantitative estimate of drug-likeness (QED) is 0.617. The molecule has 3 heterocycles. The van der Waals surface area contributed by atoms with E-state index >= 15 is 0 Å². The van der Waals surface area contributed by atoms with E-state index in [9.17, 15) is 4.79 Å². The minimum Gasteiger partial charge on any atom is -0.340 e. The van der Waals surface area contributed by atoms with Crippen molar-refractivity contribution >= 4 is 34.7 Å². The summed E-state index contributed by atoms with van der Waals surface area (Å²) in [7, 11) is 0. The lowest BCUT2D eigenvalue weighted by Gasteiger charge is -2.13. The molecule has 0 fully saturated rings. The molecule has 0 saturated heterocycles. The molecule has 0 spiro atoms. The zero-order valence-electron chi connectivity index (χ0n) is 15.4. The highest BCUT2D eigenvalue weighted by atomic mass is 32.2. The maximum absolute atomic E-state index is 12.6. The minimum atomic E-state index is -0.315. The second-order valence-electron chi connectivity index (χ2n) is 6.14. The first-order valence-corrected chi connectivity index (χ1v) is 9.54. The van der Waals surface area contributed by atoms with Crippen LogP contribution < -0.4 is 5.32 Å². The molecule has 9 heteroatoms. The SMILES string of the molecule is CCCCn1c(S[C@@H](C)C(=O)Nc2ncnc3nc[nH]c23)nc(C)c1C. The summed E-state index contributed by atoms with van der Waals surface area (Å²) in [5.74, 6) is 0.302. The number of fused-ring (bicyclic) bond motifs is 1. The van der Waals surface area contributed by atoms with Crippen LogP contribution in [-0.2, 0) is 11.3 Å². The van der Waals surface area contributed by atoms with Gasteiger partial charge in [0.05, 0.1) is 17.3 Å². The number of thioether (sulfide) groups is 1. The molecule has 138 valence electrons. The fraction of sp³-hybridized carbons (Fsp3) is 0.471. The fourth-order valence-corrected chi connectivity index (χ4v) is 3.61. The Labute approximate surface area is 156 Å². The zero-order valence-corrected chi connectivity index (χ0v) is 16.2. The zero-order chi connectivity index (χ0) is 18.7. The van der Waals surface area contributed by atoms with Crippen LogP contribution in [0.2, 0.25) is 0 Å². The standard InChI is InChI=1S/C17H23N7OS/c1-5-6-7-24-11(3)10(2)22-17(24)26-12(4)16(25)23-15-13-14(19-8-18-13)20-9-21-15/h8-9,12H,5-7H2,1-4H3,(H2,18,19,20,21,23,25)/t12-/m0/s1. The van der Waals surface area contributed by atoms with Gasteiger partial charge in [-0.1, -0.05) is 25.1 Å². The van der Waals surface area contributed by atoms with Crippen LogP contribution in [0.15, 0.2) is 17.8 Å². The van der Waals surface area contributed by atoms with Crippen molar-refractivity contribution in [3.05, 3.63) is 24.0 Å². The maximum atomic E-state index is 12.6. The fourth-order valence-electron chi connectivity index (χ4n) is 2.58. The molecule has 2 N–H and O–H groups in total. The molecule has 0 unspecified atom stereocenters. The summed E-state index contributed by atoms with van der Waals surface area (Å²) in [4.78, 5) is 32.5. The molecule has 1 amide bonds. The number of hydrogen-bond acceptors (Lipinski definition) is 6. The Morgan fingerprint density at radius 2 is 2.15 bits per heavy atom. The van der Waals surface area contributed by atoms with E-state index in [4.69, 9.17) is 0 Å². The van der Waals surface area contributed by atoms with Crippen molar-refractivity contribution in [2.45, 2.75) is 57.5 Å². The number of H-pyrrole nitrogens is 1. The van der Waals surface area contributed by atoms with Gasteiger partial charge in [-0.05, 0) is 27.2 Å². The van der Waals surface area contributed by atoms with Gasteiger partial charge in [-0.15, -0.1) is 0 Å². The second-order valence-corrected chi connectivity index (χ2v) is 7.45. The van der Waals surface area contributed by atoms with Gasteiger partial charge in [0.1, 0.15) is 11.8 Å². The van der Waals surface area contributed by atoms with Crippen LogP contribution in [0.3, 0.4) is 0 Å². The van der Waals surface area contributed by atoms with E-state index in [-0.39, 0.29) is 11.2 Å². The van der Waals surface area contributed by atoms with Crippen LogP contribution in [0.4, 0.5) is 5.82 Å². The number of hydrogen-bond donors (Lipinski definition) is 2. The molecule has 0 radical (unpaired) electrons. The van der Waals surface area contributed by atoms with E-state index in [1.807, 2.05) is 13.8 Å². The normalized spacial score (nSPS) is 12.5. The molecule has 0 saturated carbocycles. The van der Waals surface area contributed by atoms with Gasteiger partial charge in [-0.25, -0.2) is 19.9 Å². The molecule has 0 aliphatic heterocycles. The third kappa shape index (κ3) is 3.72. The predicted molar refractivity (Wildman–Crippen MR) is 102 cm³/mol. The van der Waals surface area contributed by atoms with Gasteiger partial charge in [0.15, 0.2) is 16.6 Å². The number of unbranched alkanes of at least 4 members (excludes halogenated alkanes) is 1. The van der Waals surface area contributed by atoms with E-state index in [0.717, 1.165) is 35.9 Å². The van der Waals surface area contributed by atoms with Crippen LogP contribution in [0.1, 0.15) is 38.1 Å². The first-order valence-electron chi connectivity index (χ1n) is 8.66. The Hall–Kier alpha value is -2.42. The summed E-state index contributed by atoms with van der Waals surface area (Å²) in [5, 5.41) is 3.42. The first-order chi connectivity index (χ1) is 12.5. The topological polar surface area (TPSA) is 101 Å². The number of anilines is 1. The Morgan fingerprint density at radius 1 is 1.35 bits per heavy atom. The summed E-state index contributed by atoms with van der Waals surface area (Å²) < 4.78 is 2.20. The highest BCUT2D eigenvalue weighted by Crippen LogP contribution is 2.27. The molecule has 0 aliphatic carbocycles. The van der Waals surface area contributed by atoms with Gasteiger partial charge in [-0.3, -0.25) is 4.79 Å². The van der Waals surface area contributed by atoms with Gasteiger partial charge < -0.3 is 14.9 Å². The minimum absolute atomic E-state index is 0.134. The maximum Gasteiger partial charge on any atom is 0.238 e. The number of carbonyl (C=O) groups excluding carboxylic acids is 1. The first kappa shape index (κ1) is 18.4. The van der Waals surface area contributed by atoms with Gasteiger partial charge in [-0.2, -0.15) is 0 Å². The van der Waals surface area contributed by atoms with Crippen molar-refractivity contribution in [2.24, 2.45) is 0 Å². The van der Waals surface area contributed by atoms with Crippen molar-refractivity contribution in [2.75, 3.05) is 5.32 Å². The van der Waals surface area contributed by atoms with E-state index in [2.05, 4.69) is 48.7 Å². The van der Waals surface area contributed by atoms with E-state index < -0.39 is 0 Å². The van der Waals surface area contributed by atoms with Crippen LogP contribution in [0.5, 0.6) is 0 Å². The summed E-state index contributed by atoms with van der Waals surface area (Å²) >= 11 is 1.46. The van der Waals surface area contributed by atoms with Crippen LogP contribution in [0.25, 0.3) is 11.2 Å². The van der Waals surface area contributed by atoms with Crippen LogP contribution >= 0.6 is 11.8 Å². The largest absolute Gasteiger partial charge is 0.340 e. The lowest BCUT2D eigenvalue weighted by Crippen LogP contribution is -2.23. The van der Waals surface area contributed by atoms with Gasteiger partial charge >= 0.3 is 0 Å². The molecule has 3 aromatic rings. The number of amides is 1. The van der Waals surface area contributed by atoms with Gasteiger partial charge in [0, 0.05) is 12.2 Å². The number of aromatic nitrogens is 6. The lowest BCUT2D eigenvalue weighted by molar-refractivity contribution is -0.115. The highest BCUT2D eigenvalue weighted by molar-refractivity contribution is 8.00. The summed E-state index contributed by atoms with van der Waals surface area (Å²) in [6.45, 7) is 9.03. The summed E-state index contributed by atoms with van der Waals surface area (Å²) in [6.07, 6.45) is 5.12. The molecule has 8 nitrogen and oxygen atoms in total. The monoisotopic (exact) mass is 373 g/mol. The average Bonchev–Trinajstić information content (AvgIpc) is 3.20. The van der Waals surface area contributed by atoms with Crippen molar-refractivity contribution < 1.29 is 4.79 Å². The third-order valence-electron chi connectivity index (χ3n) is 4.27. The number of nitrogens with one attached hydrogen (secondary N) is 2. The third-order valence-corrected chi connectivity index (χ3v) is 5.36. The Kier molecular flexibility index (Phi) is 5.55. The summed E-state index contributed by atoms with van der Waals surface area (Å²) in [5.41, 5.74) is 3.31. The number of aromatic amines is 1. The number of imidazole rings is 2. The van der Waals surface area contributed by atoms with E-state index in [1.54, 1.807) is 0 Å². The molecule has 0 aliphatic rings. The Bertz CT molecular complexity index is 917. The number of nitrogens with zero attached hydrogens (tertiary/aromatic N) is 5. The second kappa shape index (κ2) is 7.86. The van der Waals surface area contributed by atoms with Crippen LogP contribution in [-0.4, -0.2) is 40.6 Å². The molecule has 3 rings (SSSR count). The van der Waals surface area contributed by atoms with Gasteiger partial charge in [0.2, 0.25) is 5.91 Å². The van der Waals surface area contributed by atoms with Crippen LogP contribution in [0, 0.1) is 13.8 Å². The molecule has 1 atom stereocenters. The number of aryl methyl sites for hydroxylation is 1.